The molecule has 0 amide bonds. The van der Waals surface area contributed by atoms with Crippen LogP contribution in [0.1, 0.15) is 27.4 Å². The molecular formula is C22H16O3. The molecule has 0 radical (unpaired) electrons. The van der Waals surface area contributed by atoms with E-state index in [1.54, 1.807) is 24.3 Å². The molecule has 0 saturated carbocycles. The van der Waals surface area contributed by atoms with Crippen molar-refractivity contribution in [2.45, 2.75) is 5.92 Å². The fourth-order valence-electron chi connectivity index (χ4n) is 3.34. The van der Waals surface area contributed by atoms with E-state index in [4.69, 9.17) is 4.74 Å². The molecule has 1 aliphatic rings. The largest absolute Gasteiger partial charge is 0.457 e. The van der Waals surface area contributed by atoms with Crippen molar-refractivity contribution in [1.82, 2.24) is 0 Å². The number of carbonyl (C=O) groups excluding carboxylic acids is 2. The van der Waals surface area contributed by atoms with Crippen molar-refractivity contribution in [2.24, 2.45) is 0 Å². The van der Waals surface area contributed by atoms with Crippen molar-refractivity contribution >= 4 is 11.8 Å². The van der Waals surface area contributed by atoms with E-state index >= 15 is 0 Å². The average molecular weight is 328 g/mol. The first-order valence-electron chi connectivity index (χ1n) is 8.19. The average Bonchev–Trinajstić information content (AvgIpc) is 3.01. The van der Waals surface area contributed by atoms with Gasteiger partial charge in [0.1, 0.15) is 5.92 Å². The van der Waals surface area contributed by atoms with Crippen LogP contribution in [-0.4, -0.2) is 18.4 Å². The standard InChI is InChI=1S/C22H16O3/c23-20(15-8-2-1-3-9-15)14-25-22(24)21-18-12-6-4-10-16(18)17-11-5-7-13-19(17)21/h1-13,21H,14H2. The predicted molar refractivity (Wildman–Crippen MR) is 95.5 cm³/mol. The van der Waals surface area contributed by atoms with Crippen LogP contribution in [0.15, 0.2) is 78.9 Å². The van der Waals surface area contributed by atoms with Gasteiger partial charge in [-0.3, -0.25) is 9.59 Å². The summed E-state index contributed by atoms with van der Waals surface area (Å²) in [6.45, 7) is -0.246. The first-order chi connectivity index (χ1) is 12.3. The van der Waals surface area contributed by atoms with Crippen molar-refractivity contribution in [3.63, 3.8) is 0 Å². The second-order valence-corrected chi connectivity index (χ2v) is 6.00. The van der Waals surface area contributed by atoms with Crippen LogP contribution in [0.5, 0.6) is 0 Å². The van der Waals surface area contributed by atoms with Crippen LogP contribution >= 0.6 is 0 Å². The van der Waals surface area contributed by atoms with Gasteiger partial charge in [-0.25, -0.2) is 0 Å². The Morgan fingerprint density at radius 3 is 1.84 bits per heavy atom. The second kappa shape index (κ2) is 6.36. The summed E-state index contributed by atoms with van der Waals surface area (Å²) in [6.07, 6.45) is 0. The van der Waals surface area contributed by atoms with Crippen molar-refractivity contribution in [2.75, 3.05) is 6.61 Å². The van der Waals surface area contributed by atoms with Gasteiger partial charge in [0.05, 0.1) is 0 Å². The van der Waals surface area contributed by atoms with Crippen LogP contribution in [0.3, 0.4) is 0 Å². The van der Waals surface area contributed by atoms with Gasteiger partial charge in [-0.05, 0) is 22.3 Å². The minimum Gasteiger partial charge on any atom is -0.457 e. The lowest BCUT2D eigenvalue weighted by molar-refractivity contribution is -0.143. The first kappa shape index (κ1) is 15.3. The molecular weight excluding hydrogens is 312 g/mol. The molecule has 0 saturated heterocycles. The van der Waals surface area contributed by atoms with Gasteiger partial charge in [0.15, 0.2) is 12.4 Å². The molecule has 122 valence electrons. The molecule has 0 heterocycles. The number of esters is 1. The van der Waals surface area contributed by atoms with Crippen molar-refractivity contribution < 1.29 is 14.3 Å². The number of fused-ring (bicyclic) bond motifs is 3. The van der Waals surface area contributed by atoms with Crippen LogP contribution < -0.4 is 0 Å². The fourth-order valence-corrected chi connectivity index (χ4v) is 3.34. The minimum atomic E-state index is -0.476. The van der Waals surface area contributed by atoms with Gasteiger partial charge in [-0.2, -0.15) is 0 Å². The molecule has 0 N–H and O–H groups in total. The molecule has 0 spiro atoms. The van der Waals surface area contributed by atoms with E-state index in [1.807, 2.05) is 54.6 Å². The van der Waals surface area contributed by atoms with E-state index in [9.17, 15) is 9.59 Å². The Morgan fingerprint density at radius 2 is 1.24 bits per heavy atom. The van der Waals surface area contributed by atoms with Gasteiger partial charge < -0.3 is 4.74 Å². The molecule has 3 nitrogen and oxygen atoms in total. The monoisotopic (exact) mass is 328 g/mol. The highest BCUT2D eigenvalue weighted by Gasteiger charge is 2.34. The van der Waals surface area contributed by atoms with Crippen LogP contribution in [0.2, 0.25) is 0 Å². The van der Waals surface area contributed by atoms with Crippen LogP contribution in [-0.2, 0) is 9.53 Å². The maximum atomic E-state index is 12.7. The van der Waals surface area contributed by atoms with E-state index in [0.29, 0.717) is 5.56 Å². The Morgan fingerprint density at radius 1 is 0.720 bits per heavy atom. The highest BCUT2D eigenvalue weighted by molar-refractivity contribution is 5.99. The summed E-state index contributed by atoms with van der Waals surface area (Å²) in [7, 11) is 0. The zero-order chi connectivity index (χ0) is 17.2. The molecule has 0 aromatic heterocycles. The van der Waals surface area contributed by atoms with Crippen molar-refractivity contribution in [3.05, 3.63) is 95.6 Å². The number of hydrogen-bond donors (Lipinski definition) is 0. The van der Waals surface area contributed by atoms with Gasteiger partial charge in [0.2, 0.25) is 0 Å². The molecule has 1 aliphatic carbocycles. The predicted octanol–water partition coefficient (Wildman–Crippen LogP) is 4.23. The molecule has 3 aromatic carbocycles. The first-order valence-corrected chi connectivity index (χ1v) is 8.19. The van der Waals surface area contributed by atoms with Gasteiger partial charge >= 0.3 is 5.97 Å². The molecule has 0 atom stereocenters. The Hall–Kier alpha value is -3.20. The number of ether oxygens (including phenoxy) is 1. The van der Waals surface area contributed by atoms with E-state index in [0.717, 1.165) is 22.3 Å². The normalized spacial score (nSPS) is 12.3. The summed E-state index contributed by atoms with van der Waals surface area (Å²) in [4.78, 5) is 24.9. The molecule has 0 fully saturated rings. The lowest BCUT2D eigenvalue weighted by Crippen LogP contribution is -2.19. The quantitative estimate of drug-likeness (QED) is 0.532. The number of hydrogen-bond acceptors (Lipinski definition) is 3. The van der Waals surface area contributed by atoms with Crippen LogP contribution in [0.4, 0.5) is 0 Å². The third-order valence-corrected chi connectivity index (χ3v) is 4.51. The Kier molecular flexibility index (Phi) is 3.90. The summed E-state index contributed by atoms with van der Waals surface area (Å²) in [5.74, 6) is -1.06. The van der Waals surface area contributed by atoms with Crippen LogP contribution in [0.25, 0.3) is 11.1 Å². The molecule has 25 heavy (non-hydrogen) atoms. The van der Waals surface area contributed by atoms with Crippen LogP contribution in [0, 0.1) is 0 Å². The lowest BCUT2D eigenvalue weighted by atomic mass is 9.97. The summed E-state index contributed by atoms with van der Waals surface area (Å²) in [5.41, 5.74) is 4.51. The molecule has 0 unspecified atom stereocenters. The van der Waals surface area contributed by atoms with Gasteiger partial charge in [0, 0.05) is 5.56 Å². The topological polar surface area (TPSA) is 43.4 Å². The van der Waals surface area contributed by atoms with Crippen molar-refractivity contribution in [3.8, 4) is 11.1 Å². The van der Waals surface area contributed by atoms with Crippen molar-refractivity contribution in [1.29, 1.82) is 0 Å². The maximum Gasteiger partial charge on any atom is 0.318 e. The second-order valence-electron chi connectivity index (χ2n) is 6.00. The summed E-state index contributed by atoms with van der Waals surface area (Å²) in [6, 6.07) is 24.5. The number of Topliss-reactive ketones (excluding diaryl/α,β-unsaturated/α-hetero) is 1. The third-order valence-electron chi connectivity index (χ3n) is 4.51. The van der Waals surface area contributed by atoms with Gasteiger partial charge in [0.25, 0.3) is 0 Å². The van der Waals surface area contributed by atoms with E-state index < -0.39 is 5.92 Å². The highest BCUT2D eigenvalue weighted by atomic mass is 16.5. The van der Waals surface area contributed by atoms with E-state index in [-0.39, 0.29) is 18.4 Å². The third kappa shape index (κ3) is 2.74. The SMILES string of the molecule is O=C(COC(=O)C1c2ccccc2-c2ccccc21)c1ccccc1. The zero-order valence-corrected chi connectivity index (χ0v) is 13.5. The van der Waals surface area contributed by atoms with E-state index in [2.05, 4.69) is 0 Å². The Labute approximate surface area is 145 Å². The minimum absolute atomic E-state index is 0.200. The summed E-state index contributed by atoms with van der Waals surface area (Å²) in [5, 5.41) is 0. The Bertz CT molecular complexity index is 899. The smallest absolute Gasteiger partial charge is 0.318 e. The summed E-state index contributed by atoms with van der Waals surface area (Å²) < 4.78 is 5.37. The van der Waals surface area contributed by atoms with E-state index in [1.165, 1.54) is 0 Å². The Balaban J connectivity index is 1.57. The molecule has 4 rings (SSSR count). The number of ketones is 1. The summed E-state index contributed by atoms with van der Waals surface area (Å²) >= 11 is 0. The van der Waals surface area contributed by atoms with Gasteiger partial charge in [-0.1, -0.05) is 78.9 Å². The molecule has 0 bridgehead atoms. The molecule has 3 heteroatoms. The maximum absolute atomic E-state index is 12.7. The molecule has 0 aliphatic heterocycles. The highest BCUT2D eigenvalue weighted by Crippen LogP contribution is 2.44. The number of rotatable bonds is 4. The number of carbonyl (C=O) groups is 2. The van der Waals surface area contributed by atoms with Gasteiger partial charge in [-0.15, -0.1) is 0 Å². The zero-order valence-electron chi connectivity index (χ0n) is 13.5. The lowest BCUT2D eigenvalue weighted by Gasteiger charge is -2.13. The number of benzene rings is 3. The molecule has 3 aromatic rings. The fraction of sp³-hybridized carbons (Fsp3) is 0.0909.